The van der Waals surface area contributed by atoms with E-state index in [0.717, 1.165) is 11.3 Å². The second kappa shape index (κ2) is 6.51. The zero-order valence-corrected chi connectivity index (χ0v) is 14.1. The van der Waals surface area contributed by atoms with Gasteiger partial charge in [0.25, 0.3) is 0 Å². The Morgan fingerprint density at radius 2 is 1.67 bits per heavy atom. The molecule has 0 aliphatic carbocycles. The van der Waals surface area contributed by atoms with Gasteiger partial charge in [-0.15, -0.1) is 0 Å². The number of rotatable bonds is 6. The summed E-state index contributed by atoms with van der Waals surface area (Å²) < 4.78 is 17.2. The molecule has 1 atom stereocenters. The highest BCUT2D eigenvalue weighted by Gasteiger charge is 2.28. The SMILES string of the molecule is COc1ccc(C(C)O[Si](C)(C)O[Si](C)C)cc1. The summed E-state index contributed by atoms with van der Waals surface area (Å²) in [6.07, 6.45) is 0.0546. The van der Waals surface area contributed by atoms with Crippen LogP contribution < -0.4 is 4.74 Å². The summed E-state index contributed by atoms with van der Waals surface area (Å²) in [5.41, 5.74) is 1.15. The molecule has 0 N–H and O–H groups in total. The van der Waals surface area contributed by atoms with Gasteiger partial charge in [0, 0.05) is 0 Å². The van der Waals surface area contributed by atoms with Crippen molar-refractivity contribution in [3.05, 3.63) is 29.8 Å². The molecule has 0 heterocycles. The van der Waals surface area contributed by atoms with E-state index in [1.165, 1.54) is 0 Å². The molecule has 0 spiro atoms. The Labute approximate surface area is 113 Å². The molecule has 0 bridgehead atoms. The first-order valence-electron chi connectivity index (χ1n) is 6.15. The van der Waals surface area contributed by atoms with Gasteiger partial charge in [-0.2, -0.15) is 0 Å². The van der Waals surface area contributed by atoms with Gasteiger partial charge in [0.2, 0.25) is 0 Å². The van der Waals surface area contributed by atoms with E-state index in [2.05, 4.69) is 33.1 Å². The highest BCUT2D eigenvalue weighted by atomic mass is 28.4. The van der Waals surface area contributed by atoms with Crippen molar-refractivity contribution >= 4 is 17.6 Å². The van der Waals surface area contributed by atoms with Gasteiger partial charge in [-0.3, -0.25) is 0 Å². The van der Waals surface area contributed by atoms with Crippen LogP contribution in [0.4, 0.5) is 0 Å². The molecule has 1 aromatic carbocycles. The minimum Gasteiger partial charge on any atom is -0.497 e. The van der Waals surface area contributed by atoms with Gasteiger partial charge in [0.15, 0.2) is 9.04 Å². The van der Waals surface area contributed by atoms with E-state index in [1.807, 2.05) is 24.3 Å². The maximum atomic E-state index is 6.11. The van der Waals surface area contributed by atoms with Crippen molar-refractivity contribution in [3.8, 4) is 5.75 Å². The van der Waals surface area contributed by atoms with Gasteiger partial charge in [0.1, 0.15) is 5.75 Å². The lowest BCUT2D eigenvalue weighted by atomic mass is 10.1. The van der Waals surface area contributed by atoms with Gasteiger partial charge in [-0.1, -0.05) is 12.1 Å². The zero-order valence-electron chi connectivity index (χ0n) is 12.1. The van der Waals surface area contributed by atoms with Crippen molar-refractivity contribution in [3.63, 3.8) is 0 Å². The Bertz CT molecular complexity index is 363. The fraction of sp³-hybridized carbons (Fsp3) is 0.538. The van der Waals surface area contributed by atoms with Crippen LogP contribution in [0.2, 0.25) is 26.2 Å². The maximum absolute atomic E-state index is 6.11. The van der Waals surface area contributed by atoms with Crippen molar-refractivity contribution < 1.29 is 13.3 Å². The third-order valence-electron chi connectivity index (χ3n) is 2.50. The van der Waals surface area contributed by atoms with Crippen molar-refractivity contribution in [2.75, 3.05) is 7.11 Å². The van der Waals surface area contributed by atoms with Crippen LogP contribution in [-0.2, 0) is 8.54 Å². The number of hydrogen-bond donors (Lipinski definition) is 0. The molecule has 0 amide bonds. The predicted molar refractivity (Wildman–Crippen MR) is 78.5 cm³/mol. The van der Waals surface area contributed by atoms with Crippen LogP contribution in [-0.4, -0.2) is 24.7 Å². The Balaban J connectivity index is 2.66. The molecule has 0 aliphatic heterocycles. The summed E-state index contributed by atoms with van der Waals surface area (Å²) in [6, 6.07) is 7.99. The lowest BCUT2D eigenvalue weighted by molar-refractivity contribution is 0.176. The summed E-state index contributed by atoms with van der Waals surface area (Å²) in [5.74, 6) is 0.867. The van der Waals surface area contributed by atoms with E-state index in [-0.39, 0.29) is 6.10 Å². The predicted octanol–water partition coefficient (Wildman–Crippen LogP) is 3.74. The first-order valence-corrected chi connectivity index (χ1v) is 11.4. The van der Waals surface area contributed by atoms with Crippen molar-refractivity contribution in [1.29, 1.82) is 0 Å². The van der Waals surface area contributed by atoms with E-state index in [4.69, 9.17) is 13.3 Å². The Kier molecular flexibility index (Phi) is 5.58. The normalized spacial score (nSPS) is 13.7. The fourth-order valence-electron chi connectivity index (χ4n) is 1.88. The molecule has 101 valence electrons. The average molecular weight is 283 g/mol. The summed E-state index contributed by atoms with van der Waals surface area (Å²) in [6.45, 7) is 10.6. The largest absolute Gasteiger partial charge is 0.497 e. The van der Waals surface area contributed by atoms with Crippen molar-refractivity contribution in [2.45, 2.75) is 39.2 Å². The number of ether oxygens (including phenoxy) is 1. The van der Waals surface area contributed by atoms with Crippen LogP contribution in [0, 0.1) is 0 Å². The third-order valence-corrected chi connectivity index (χ3v) is 7.02. The first kappa shape index (κ1) is 15.4. The molecule has 0 aliphatic rings. The summed E-state index contributed by atoms with van der Waals surface area (Å²) in [7, 11) is -1.06. The summed E-state index contributed by atoms with van der Waals surface area (Å²) in [4.78, 5) is 0. The van der Waals surface area contributed by atoms with Gasteiger partial charge in [-0.25, -0.2) is 0 Å². The monoisotopic (exact) mass is 283 g/mol. The topological polar surface area (TPSA) is 27.7 Å². The first-order chi connectivity index (χ1) is 8.34. The molecule has 5 heteroatoms. The van der Waals surface area contributed by atoms with E-state index >= 15 is 0 Å². The Morgan fingerprint density at radius 1 is 1.11 bits per heavy atom. The van der Waals surface area contributed by atoms with Crippen LogP contribution in [0.15, 0.2) is 24.3 Å². The minimum absolute atomic E-state index is 0.0546. The van der Waals surface area contributed by atoms with Crippen molar-refractivity contribution in [1.82, 2.24) is 0 Å². The Hall–Kier alpha value is -0.626. The lowest BCUT2D eigenvalue weighted by Crippen LogP contribution is -2.39. The average Bonchev–Trinajstić information content (AvgIpc) is 2.26. The maximum Gasteiger partial charge on any atom is 0.321 e. The van der Waals surface area contributed by atoms with Gasteiger partial charge < -0.3 is 13.3 Å². The van der Waals surface area contributed by atoms with E-state index < -0.39 is 17.6 Å². The summed E-state index contributed by atoms with van der Waals surface area (Å²) >= 11 is 0. The molecule has 0 fully saturated rings. The molecular formula is C13H23O3Si2. The van der Waals surface area contributed by atoms with Crippen LogP contribution >= 0.6 is 0 Å². The minimum atomic E-state index is -2.02. The van der Waals surface area contributed by atoms with Gasteiger partial charge in [0.05, 0.1) is 13.2 Å². The molecule has 3 nitrogen and oxygen atoms in total. The molecular weight excluding hydrogens is 260 g/mol. The van der Waals surface area contributed by atoms with Gasteiger partial charge >= 0.3 is 8.56 Å². The molecule has 1 unspecified atom stereocenters. The summed E-state index contributed by atoms with van der Waals surface area (Å²) in [5, 5.41) is 0. The Morgan fingerprint density at radius 3 is 2.11 bits per heavy atom. The third kappa shape index (κ3) is 4.93. The number of hydrogen-bond acceptors (Lipinski definition) is 3. The molecule has 1 aromatic rings. The van der Waals surface area contributed by atoms with E-state index in [9.17, 15) is 0 Å². The standard InChI is InChI=1S/C13H23O3Si2/c1-11(15-18(5,6)16-17(3)4)12-7-9-13(14-2)10-8-12/h7-11H,1-6H3. The zero-order chi connectivity index (χ0) is 13.8. The highest BCUT2D eigenvalue weighted by Crippen LogP contribution is 2.24. The second-order valence-electron chi connectivity index (χ2n) is 4.94. The second-order valence-corrected chi connectivity index (χ2v) is 10.6. The van der Waals surface area contributed by atoms with Crippen LogP contribution in [0.3, 0.4) is 0 Å². The lowest BCUT2D eigenvalue weighted by Gasteiger charge is -2.29. The number of methoxy groups -OCH3 is 1. The quantitative estimate of drug-likeness (QED) is 0.744. The smallest absolute Gasteiger partial charge is 0.321 e. The van der Waals surface area contributed by atoms with Crippen LogP contribution in [0.25, 0.3) is 0 Å². The van der Waals surface area contributed by atoms with Crippen molar-refractivity contribution in [2.24, 2.45) is 0 Å². The number of benzene rings is 1. The molecule has 0 aromatic heterocycles. The molecule has 18 heavy (non-hydrogen) atoms. The van der Waals surface area contributed by atoms with Gasteiger partial charge in [-0.05, 0) is 50.8 Å². The fourth-order valence-corrected chi connectivity index (χ4v) is 7.00. The van der Waals surface area contributed by atoms with Crippen LogP contribution in [0.1, 0.15) is 18.6 Å². The molecule has 0 saturated carbocycles. The molecule has 1 rings (SSSR count). The van der Waals surface area contributed by atoms with E-state index in [0.29, 0.717) is 0 Å². The highest BCUT2D eigenvalue weighted by molar-refractivity contribution is 6.72. The van der Waals surface area contributed by atoms with E-state index in [1.54, 1.807) is 7.11 Å². The van der Waals surface area contributed by atoms with Crippen LogP contribution in [0.5, 0.6) is 5.75 Å². The molecule has 0 saturated heterocycles. The molecule has 1 radical (unpaired) electrons.